The Bertz CT molecular complexity index is 1130. The number of carbonyl (C=O) groups excluding carboxylic acids is 1. The fourth-order valence-electron chi connectivity index (χ4n) is 3.47. The van der Waals surface area contributed by atoms with Crippen LogP contribution in [0, 0.1) is 23.0 Å². The number of nitrogens with one attached hydrogen (secondary N) is 1. The van der Waals surface area contributed by atoms with E-state index in [0.717, 1.165) is 30.1 Å². The fraction of sp³-hybridized carbons (Fsp3) is 0.263. The molecule has 0 unspecified atom stereocenters. The lowest BCUT2D eigenvalue weighted by molar-refractivity contribution is 0.101. The first kappa shape index (κ1) is 22.9. The number of amides is 1. The van der Waals surface area contributed by atoms with Crippen LogP contribution in [0.15, 0.2) is 35.5 Å². The third kappa shape index (κ3) is 3.82. The first-order valence-electron chi connectivity index (χ1n) is 8.70. The molecule has 162 valence electrons. The van der Waals surface area contributed by atoms with Crippen molar-refractivity contribution in [1.29, 1.82) is 5.26 Å². The topological polar surface area (TPSA) is 113 Å². The monoisotopic (exact) mass is 469 g/mol. The third-order valence-corrected chi connectivity index (χ3v) is 5.98. The highest BCUT2D eigenvalue weighted by atomic mass is 35.5. The van der Waals surface area contributed by atoms with Gasteiger partial charge in [-0.05, 0) is 24.3 Å². The zero-order valence-electron chi connectivity index (χ0n) is 15.7. The van der Waals surface area contributed by atoms with E-state index in [1.807, 2.05) is 0 Å². The van der Waals surface area contributed by atoms with Gasteiger partial charge < -0.3 is 15.8 Å². The molecule has 1 fully saturated rings. The number of thioether (sulfide) groups is 1. The summed E-state index contributed by atoms with van der Waals surface area (Å²) in [5.41, 5.74) is 1.48. The van der Waals surface area contributed by atoms with E-state index in [4.69, 9.17) is 15.7 Å². The molecule has 7 nitrogen and oxygen atoms in total. The molecule has 1 aromatic heterocycles. The minimum absolute atomic E-state index is 0. The minimum atomic E-state index is -1.98. The van der Waals surface area contributed by atoms with Crippen molar-refractivity contribution in [3.05, 3.63) is 58.9 Å². The van der Waals surface area contributed by atoms with Crippen molar-refractivity contribution >= 4 is 40.9 Å². The number of alkyl halides is 1. The zero-order chi connectivity index (χ0) is 21.5. The predicted octanol–water partition coefficient (Wildman–Crippen LogP) is 2.90. The third-order valence-electron chi connectivity index (χ3n) is 4.99. The van der Waals surface area contributed by atoms with Gasteiger partial charge in [-0.15, -0.1) is 12.4 Å². The number of aliphatic imine (C=N–C) groups is 1. The molecule has 12 heteroatoms. The highest BCUT2D eigenvalue weighted by molar-refractivity contribution is 8.13. The maximum absolute atomic E-state index is 15.6. The molecule has 2 atom stereocenters. The lowest BCUT2D eigenvalue weighted by Gasteiger charge is -2.38. The van der Waals surface area contributed by atoms with Gasteiger partial charge in [0.05, 0.1) is 18.8 Å². The normalized spacial score (nSPS) is 24.4. The number of ether oxygens (including phenoxy) is 1. The molecule has 2 aromatic rings. The van der Waals surface area contributed by atoms with Crippen molar-refractivity contribution < 1.29 is 22.7 Å². The Morgan fingerprint density at radius 1 is 1.29 bits per heavy atom. The van der Waals surface area contributed by atoms with Crippen LogP contribution in [-0.2, 0) is 10.3 Å². The Morgan fingerprint density at radius 2 is 2.06 bits per heavy atom. The number of hydrogen-bond donors (Lipinski definition) is 2. The van der Waals surface area contributed by atoms with E-state index in [2.05, 4.69) is 15.3 Å². The number of fused-ring (bicyclic) bond motifs is 1. The van der Waals surface area contributed by atoms with Crippen LogP contribution in [0.4, 0.5) is 18.9 Å². The number of carbonyl (C=O) groups is 1. The predicted molar refractivity (Wildman–Crippen MR) is 111 cm³/mol. The van der Waals surface area contributed by atoms with Crippen LogP contribution in [0.2, 0.25) is 0 Å². The van der Waals surface area contributed by atoms with Crippen molar-refractivity contribution in [2.45, 2.75) is 11.2 Å². The summed E-state index contributed by atoms with van der Waals surface area (Å²) in [6, 6.07) is 6.11. The van der Waals surface area contributed by atoms with Crippen LogP contribution in [0.5, 0.6) is 0 Å². The highest BCUT2D eigenvalue weighted by Gasteiger charge is 2.61. The summed E-state index contributed by atoms with van der Waals surface area (Å²) >= 11 is 1.02. The Kier molecular flexibility index (Phi) is 6.18. The number of anilines is 1. The van der Waals surface area contributed by atoms with E-state index in [0.29, 0.717) is 0 Å². The smallest absolute Gasteiger partial charge is 0.277 e. The molecule has 0 radical (unpaired) electrons. The second-order valence-corrected chi connectivity index (χ2v) is 7.87. The fourth-order valence-corrected chi connectivity index (χ4v) is 4.39. The maximum Gasteiger partial charge on any atom is 0.277 e. The van der Waals surface area contributed by atoms with E-state index >= 15 is 4.39 Å². The van der Waals surface area contributed by atoms with Crippen molar-refractivity contribution in [3.8, 4) is 6.07 Å². The highest BCUT2D eigenvalue weighted by Crippen LogP contribution is 2.50. The average Bonchev–Trinajstić information content (AvgIpc) is 3.06. The first-order chi connectivity index (χ1) is 14.3. The number of aromatic nitrogens is 1. The SMILES string of the molecule is Cl.N#Cc1cnc(C(=O)Nc2ccc(F)c([C@]34COC[C@@]3(F)CSC(N)=N4)c2)c(F)c1. The van der Waals surface area contributed by atoms with Gasteiger partial charge in [-0.25, -0.2) is 23.1 Å². The first-order valence-corrected chi connectivity index (χ1v) is 9.68. The lowest BCUT2D eigenvalue weighted by Crippen LogP contribution is -2.52. The van der Waals surface area contributed by atoms with Gasteiger partial charge in [0, 0.05) is 23.2 Å². The number of pyridine rings is 1. The van der Waals surface area contributed by atoms with Gasteiger partial charge in [0.25, 0.3) is 5.91 Å². The molecule has 4 rings (SSSR count). The molecule has 0 spiro atoms. The number of rotatable bonds is 3. The summed E-state index contributed by atoms with van der Waals surface area (Å²) in [6.07, 6.45) is 1.05. The van der Waals surface area contributed by atoms with Crippen molar-refractivity contribution in [3.63, 3.8) is 0 Å². The number of nitrogens with two attached hydrogens (primary N) is 1. The Balaban J connectivity index is 0.00000272. The van der Waals surface area contributed by atoms with Gasteiger partial charge in [0.15, 0.2) is 27.9 Å². The van der Waals surface area contributed by atoms with Crippen molar-refractivity contribution in [2.75, 3.05) is 24.3 Å². The van der Waals surface area contributed by atoms with Gasteiger partial charge in [-0.3, -0.25) is 4.79 Å². The second-order valence-electron chi connectivity index (χ2n) is 6.87. The van der Waals surface area contributed by atoms with Crippen LogP contribution in [-0.4, -0.2) is 40.7 Å². The molecule has 2 aliphatic heterocycles. The van der Waals surface area contributed by atoms with Gasteiger partial charge in [0.1, 0.15) is 11.9 Å². The van der Waals surface area contributed by atoms with E-state index in [1.54, 1.807) is 6.07 Å². The molecular formula is C19H15ClF3N5O2S. The zero-order valence-corrected chi connectivity index (χ0v) is 17.3. The number of halogens is 4. The Labute approximate surface area is 185 Å². The Hall–Kier alpha value is -2.81. The van der Waals surface area contributed by atoms with Crippen LogP contribution >= 0.6 is 24.2 Å². The summed E-state index contributed by atoms with van der Waals surface area (Å²) in [6.45, 7) is -0.488. The van der Waals surface area contributed by atoms with Gasteiger partial charge in [0.2, 0.25) is 0 Å². The maximum atomic E-state index is 15.6. The van der Waals surface area contributed by atoms with E-state index in [9.17, 15) is 13.6 Å². The molecule has 1 saturated heterocycles. The van der Waals surface area contributed by atoms with E-state index in [1.165, 1.54) is 12.1 Å². The standard InChI is InChI=1S/C19H14F3N5O2S.ClH/c20-13-2-1-11(26-16(28)15-14(21)3-10(5-23)6-25-15)4-12(13)19-8-29-7-18(19,22)9-30-17(24)27-19;/h1-4,6H,7-9H2,(H2,24,27)(H,26,28);1H/t18-,19-;/m1./s1. The molecular weight excluding hydrogens is 455 g/mol. The van der Waals surface area contributed by atoms with Crippen LogP contribution in [0.3, 0.4) is 0 Å². The number of amidine groups is 1. The molecule has 0 bridgehead atoms. The van der Waals surface area contributed by atoms with Crippen LogP contribution < -0.4 is 11.1 Å². The number of nitriles is 1. The molecule has 1 amide bonds. The van der Waals surface area contributed by atoms with Crippen molar-refractivity contribution in [1.82, 2.24) is 4.98 Å². The average molecular weight is 470 g/mol. The molecule has 1 aromatic carbocycles. The van der Waals surface area contributed by atoms with Crippen LogP contribution in [0.1, 0.15) is 21.6 Å². The summed E-state index contributed by atoms with van der Waals surface area (Å²) in [4.78, 5) is 20.2. The molecule has 0 saturated carbocycles. The van der Waals surface area contributed by atoms with Gasteiger partial charge in [-0.1, -0.05) is 11.8 Å². The van der Waals surface area contributed by atoms with E-state index < -0.39 is 34.4 Å². The molecule has 0 aliphatic carbocycles. The molecule has 3 N–H and O–H groups in total. The molecule has 3 heterocycles. The second kappa shape index (κ2) is 8.37. The van der Waals surface area contributed by atoms with E-state index in [-0.39, 0.29) is 53.4 Å². The largest absolute Gasteiger partial charge is 0.379 e. The van der Waals surface area contributed by atoms with Gasteiger partial charge in [-0.2, -0.15) is 5.26 Å². The summed E-state index contributed by atoms with van der Waals surface area (Å²) < 4.78 is 49.7. The molecule has 31 heavy (non-hydrogen) atoms. The quantitative estimate of drug-likeness (QED) is 0.714. The lowest BCUT2D eigenvalue weighted by atomic mass is 9.79. The van der Waals surface area contributed by atoms with Crippen LogP contribution in [0.25, 0.3) is 0 Å². The summed E-state index contributed by atoms with van der Waals surface area (Å²) in [5.74, 6) is -2.70. The van der Waals surface area contributed by atoms with Crippen molar-refractivity contribution in [2.24, 2.45) is 10.7 Å². The Morgan fingerprint density at radius 3 is 2.77 bits per heavy atom. The number of benzene rings is 1. The summed E-state index contributed by atoms with van der Waals surface area (Å²) in [5, 5.41) is 11.3. The summed E-state index contributed by atoms with van der Waals surface area (Å²) in [7, 11) is 0. The molecule has 2 aliphatic rings. The number of nitrogens with zero attached hydrogens (tertiary/aromatic N) is 3. The number of hydrogen-bond acceptors (Lipinski definition) is 7. The minimum Gasteiger partial charge on any atom is -0.379 e. The van der Waals surface area contributed by atoms with Gasteiger partial charge >= 0.3 is 0 Å².